The van der Waals surface area contributed by atoms with Crippen LogP contribution in [0.2, 0.25) is 0 Å². The highest BCUT2D eigenvalue weighted by Crippen LogP contribution is 1.98. The van der Waals surface area contributed by atoms with Crippen molar-refractivity contribution < 1.29 is 4.79 Å². The minimum Gasteiger partial charge on any atom is -0.274 e. The van der Waals surface area contributed by atoms with E-state index in [-0.39, 0.29) is 5.91 Å². The van der Waals surface area contributed by atoms with E-state index in [9.17, 15) is 4.79 Å². The molecule has 4 heteroatoms. The predicted molar refractivity (Wildman–Crippen MR) is 41.7 cm³/mol. The lowest BCUT2D eigenvalue weighted by atomic mass is 10.4. The first-order valence-electron chi connectivity index (χ1n) is 3.40. The van der Waals surface area contributed by atoms with Gasteiger partial charge in [0.15, 0.2) is 0 Å². The van der Waals surface area contributed by atoms with Crippen molar-refractivity contribution in [3.05, 3.63) is 17.5 Å². The van der Waals surface area contributed by atoms with E-state index in [1.807, 2.05) is 19.9 Å². The molecular weight excluding hydrogens is 142 g/mol. The van der Waals surface area contributed by atoms with Crippen molar-refractivity contribution in [1.82, 2.24) is 9.89 Å². The molecule has 0 saturated carbocycles. The Hall–Kier alpha value is -1.32. The SMILES string of the molecule is CC(=O)Nn1nc(C)cc1C. The molecule has 0 unspecified atom stereocenters. The zero-order valence-corrected chi connectivity index (χ0v) is 6.88. The molecule has 0 aliphatic heterocycles. The molecule has 0 saturated heterocycles. The third kappa shape index (κ3) is 1.80. The second-order valence-corrected chi connectivity index (χ2v) is 2.51. The summed E-state index contributed by atoms with van der Waals surface area (Å²) in [5.74, 6) is -0.115. The van der Waals surface area contributed by atoms with Gasteiger partial charge in [0.2, 0.25) is 5.91 Å². The van der Waals surface area contributed by atoms with Gasteiger partial charge in [-0.25, -0.2) is 5.43 Å². The Balaban J connectivity index is 2.85. The van der Waals surface area contributed by atoms with Crippen molar-refractivity contribution in [2.75, 3.05) is 5.43 Å². The summed E-state index contributed by atoms with van der Waals surface area (Å²) in [6.45, 7) is 5.22. The Morgan fingerprint density at radius 3 is 2.64 bits per heavy atom. The van der Waals surface area contributed by atoms with Gasteiger partial charge in [0, 0.05) is 6.92 Å². The van der Waals surface area contributed by atoms with Crippen LogP contribution in [0.5, 0.6) is 0 Å². The van der Waals surface area contributed by atoms with E-state index in [1.165, 1.54) is 11.7 Å². The molecule has 0 radical (unpaired) electrons. The first-order chi connectivity index (χ1) is 5.09. The van der Waals surface area contributed by atoms with Crippen LogP contribution in [-0.2, 0) is 4.79 Å². The van der Waals surface area contributed by atoms with Crippen molar-refractivity contribution in [3.8, 4) is 0 Å². The number of aromatic nitrogens is 2. The minimum atomic E-state index is -0.115. The van der Waals surface area contributed by atoms with Gasteiger partial charge in [-0.15, -0.1) is 0 Å². The molecule has 0 aliphatic rings. The molecule has 0 aliphatic carbocycles. The highest BCUT2D eigenvalue weighted by atomic mass is 16.2. The Morgan fingerprint density at radius 2 is 2.27 bits per heavy atom. The lowest BCUT2D eigenvalue weighted by molar-refractivity contribution is -0.115. The second-order valence-electron chi connectivity index (χ2n) is 2.51. The molecule has 0 spiro atoms. The summed E-state index contributed by atoms with van der Waals surface area (Å²) in [7, 11) is 0. The van der Waals surface area contributed by atoms with Crippen LogP contribution in [0.4, 0.5) is 0 Å². The Labute approximate surface area is 65.2 Å². The summed E-state index contributed by atoms with van der Waals surface area (Å²) < 4.78 is 0. The van der Waals surface area contributed by atoms with E-state index in [4.69, 9.17) is 0 Å². The zero-order valence-electron chi connectivity index (χ0n) is 6.88. The van der Waals surface area contributed by atoms with Crippen molar-refractivity contribution >= 4 is 5.91 Å². The van der Waals surface area contributed by atoms with Crippen molar-refractivity contribution in [1.29, 1.82) is 0 Å². The van der Waals surface area contributed by atoms with Crippen LogP contribution in [0.25, 0.3) is 0 Å². The van der Waals surface area contributed by atoms with E-state index < -0.39 is 0 Å². The van der Waals surface area contributed by atoms with Gasteiger partial charge >= 0.3 is 0 Å². The van der Waals surface area contributed by atoms with Gasteiger partial charge in [0.05, 0.1) is 11.4 Å². The highest BCUT2D eigenvalue weighted by molar-refractivity contribution is 5.80. The summed E-state index contributed by atoms with van der Waals surface area (Å²) in [5, 5.41) is 4.04. The molecule has 1 amide bonds. The Bertz CT molecular complexity index is 277. The molecule has 1 aromatic heterocycles. The minimum absolute atomic E-state index is 0.115. The summed E-state index contributed by atoms with van der Waals surface area (Å²) in [6.07, 6.45) is 0. The van der Waals surface area contributed by atoms with Crippen molar-refractivity contribution in [2.24, 2.45) is 0 Å². The van der Waals surface area contributed by atoms with E-state index in [0.717, 1.165) is 11.4 Å². The first kappa shape index (κ1) is 7.78. The molecule has 11 heavy (non-hydrogen) atoms. The second kappa shape index (κ2) is 2.74. The lowest BCUT2D eigenvalue weighted by Gasteiger charge is -2.01. The monoisotopic (exact) mass is 153 g/mol. The molecule has 4 nitrogen and oxygen atoms in total. The summed E-state index contributed by atoms with van der Waals surface area (Å²) in [5.41, 5.74) is 4.39. The normalized spacial score (nSPS) is 9.73. The average molecular weight is 153 g/mol. The fourth-order valence-corrected chi connectivity index (χ4v) is 0.891. The molecule has 0 fully saturated rings. The van der Waals surface area contributed by atoms with Crippen LogP contribution >= 0.6 is 0 Å². The number of nitrogens with one attached hydrogen (secondary N) is 1. The number of amides is 1. The van der Waals surface area contributed by atoms with Crippen molar-refractivity contribution in [2.45, 2.75) is 20.8 Å². The number of rotatable bonds is 1. The molecule has 1 heterocycles. The fraction of sp³-hybridized carbons (Fsp3) is 0.429. The standard InChI is InChI=1S/C7H11N3O/c1-5-4-6(2)10(8-5)9-7(3)11/h4H,1-3H3,(H,9,11). The smallest absolute Gasteiger partial charge is 0.236 e. The van der Waals surface area contributed by atoms with Gasteiger partial charge in [-0.2, -0.15) is 9.89 Å². The van der Waals surface area contributed by atoms with E-state index in [1.54, 1.807) is 0 Å². The molecular formula is C7H11N3O. The topological polar surface area (TPSA) is 46.9 Å². The highest BCUT2D eigenvalue weighted by Gasteiger charge is 2.00. The summed E-state index contributed by atoms with van der Waals surface area (Å²) >= 11 is 0. The van der Waals surface area contributed by atoms with E-state index in [2.05, 4.69) is 10.5 Å². The number of carbonyl (C=O) groups is 1. The summed E-state index contributed by atoms with van der Waals surface area (Å²) in [4.78, 5) is 12.1. The maximum Gasteiger partial charge on any atom is 0.236 e. The van der Waals surface area contributed by atoms with Gasteiger partial charge < -0.3 is 0 Å². The number of hydrogen-bond donors (Lipinski definition) is 1. The quantitative estimate of drug-likeness (QED) is 0.641. The number of nitrogens with zero attached hydrogens (tertiary/aromatic N) is 2. The van der Waals surface area contributed by atoms with Crippen LogP contribution in [0.15, 0.2) is 6.07 Å². The van der Waals surface area contributed by atoms with Gasteiger partial charge in [0.1, 0.15) is 0 Å². The fourth-order valence-electron chi connectivity index (χ4n) is 0.891. The van der Waals surface area contributed by atoms with Gasteiger partial charge in [-0.1, -0.05) is 0 Å². The molecule has 0 bridgehead atoms. The molecule has 60 valence electrons. The molecule has 0 aromatic carbocycles. The first-order valence-corrected chi connectivity index (χ1v) is 3.40. The van der Waals surface area contributed by atoms with Crippen LogP contribution in [0.3, 0.4) is 0 Å². The van der Waals surface area contributed by atoms with Crippen LogP contribution in [0.1, 0.15) is 18.3 Å². The maximum atomic E-state index is 10.6. The van der Waals surface area contributed by atoms with Crippen LogP contribution < -0.4 is 5.43 Å². The van der Waals surface area contributed by atoms with E-state index in [0.29, 0.717) is 0 Å². The molecule has 1 rings (SSSR count). The number of carbonyl (C=O) groups excluding carboxylic acids is 1. The Kier molecular flexibility index (Phi) is 1.94. The predicted octanol–water partition coefficient (Wildman–Crippen LogP) is 0.590. The third-order valence-corrected chi connectivity index (χ3v) is 1.27. The summed E-state index contributed by atoms with van der Waals surface area (Å²) in [6, 6.07) is 1.90. The molecule has 1 aromatic rings. The van der Waals surface area contributed by atoms with Crippen LogP contribution in [0, 0.1) is 13.8 Å². The average Bonchev–Trinajstić information content (AvgIpc) is 2.09. The Morgan fingerprint density at radius 1 is 1.64 bits per heavy atom. The lowest BCUT2D eigenvalue weighted by Crippen LogP contribution is -2.22. The zero-order chi connectivity index (χ0) is 8.43. The van der Waals surface area contributed by atoms with Gasteiger partial charge in [-0.05, 0) is 19.9 Å². The third-order valence-electron chi connectivity index (χ3n) is 1.27. The maximum absolute atomic E-state index is 10.6. The molecule has 0 atom stereocenters. The van der Waals surface area contributed by atoms with Gasteiger partial charge in [-0.3, -0.25) is 4.79 Å². The largest absolute Gasteiger partial charge is 0.274 e. The van der Waals surface area contributed by atoms with E-state index >= 15 is 0 Å². The van der Waals surface area contributed by atoms with Gasteiger partial charge in [0.25, 0.3) is 0 Å². The number of aryl methyl sites for hydroxylation is 2. The molecule has 1 N–H and O–H groups in total. The number of hydrogen-bond acceptors (Lipinski definition) is 2. The van der Waals surface area contributed by atoms with Crippen LogP contribution in [-0.4, -0.2) is 15.8 Å². The van der Waals surface area contributed by atoms with Crippen molar-refractivity contribution in [3.63, 3.8) is 0 Å².